The van der Waals surface area contributed by atoms with Gasteiger partial charge in [-0.3, -0.25) is 9.59 Å². The Balaban J connectivity index is 2.00. The van der Waals surface area contributed by atoms with Gasteiger partial charge in [-0.1, -0.05) is 18.2 Å². The molecule has 0 aromatic heterocycles. The number of carbonyl (C=O) groups is 2. The first-order chi connectivity index (χ1) is 11.8. The van der Waals surface area contributed by atoms with E-state index in [0.29, 0.717) is 5.56 Å². The predicted octanol–water partition coefficient (Wildman–Crippen LogP) is 3.90. The fraction of sp³-hybridized carbons (Fsp3) is 0.333. The van der Waals surface area contributed by atoms with Crippen molar-refractivity contribution in [1.29, 1.82) is 0 Å². The van der Waals surface area contributed by atoms with Crippen LogP contribution in [-0.2, 0) is 16.0 Å². The molecule has 132 valence electrons. The van der Waals surface area contributed by atoms with E-state index in [1.54, 1.807) is 31.4 Å². The van der Waals surface area contributed by atoms with Gasteiger partial charge in [0.2, 0.25) is 5.78 Å². The number of rotatable bonds is 6. The van der Waals surface area contributed by atoms with Gasteiger partial charge in [0.05, 0.1) is 13.5 Å². The Bertz CT molecular complexity index is 789. The summed E-state index contributed by atoms with van der Waals surface area (Å²) in [5, 5.41) is 0. The van der Waals surface area contributed by atoms with Crippen molar-refractivity contribution in [3.63, 3.8) is 0 Å². The van der Waals surface area contributed by atoms with Crippen molar-refractivity contribution < 1.29 is 19.1 Å². The molecule has 0 bridgehead atoms. The quantitative estimate of drug-likeness (QED) is 0.591. The normalized spacial score (nSPS) is 10.4. The fourth-order valence-electron chi connectivity index (χ4n) is 2.89. The molecule has 2 aromatic rings. The lowest BCUT2D eigenvalue weighted by atomic mass is 9.92. The number of esters is 1. The molecule has 4 heteroatoms. The Morgan fingerprint density at radius 2 is 1.56 bits per heavy atom. The van der Waals surface area contributed by atoms with Gasteiger partial charge in [-0.15, -0.1) is 0 Å². The van der Waals surface area contributed by atoms with Crippen LogP contribution in [0, 0.1) is 27.7 Å². The Kier molecular flexibility index (Phi) is 5.97. The first kappa shape index (κ1) is 18.7. The molecule has 0 amide bonds. The van der Waals surface area contributed by atoms with Gasteiger partial charge < -0.3 is 9.47 Å². The molecule has 0 heterocycles. The highest BCUT2D eigenvalue weighted by Crippen LogP contribution is 2.22. The average molecular weight is 340 g/mol. The number of hydrogen-bond acceptors (Lipinski definition) is 4. The number of carbonyl (C=O) groups excluding carboxylic acids is 2. The molecule has 0 unspecified atom stereocenters. The topological polar surface area (TPSA) is 52.6 Å². The summed E-state index contributed by atoms with van der Waals surface area (Å²) >= 11 is 0. The molecule has 0 aliphatic rings. The second kappa shape index (κ2) is 7.97. The van der Waals surface area contributed by atoms with Crippen molar-refractivity contribution in [3.8, 4) is 5.75 Å². The second-order valence-electron chi connectivity index (χ2n) is 6.24. The SMILES string of the molecule is COc1ccc(CC(=O)OCC(=O)c2c(C)cc(C)c(C)c2C)cc1. The van der Waals surface area contributed by atoms with Crippen LogP contribution in [0.4, 0.5) is 0 Å². The zero-order valence-electron chi connectivity index (χ0n) is 15.4. The monoisotopic (exact) mass is 340 g/mol. The van der Waals surface area contributed by atoms with E-state index in [9.17, 15) is 9.59 Å². The molecule has 0 fully saturated rings. The molecular formula is C21H24O4. The van der Waals surface area contributed by atoms with Crippen molar-refractivity contribution in [3.05, 3.63) is 63.7 Å². The maximum absolute atomic E-state index is 12.5. The largest absolute Gasteiger partial charge is 0.497 e. The lowest BCUT2D eigenvalue weighted by molar-refractivity contribution is -0.141. The number of Topliss-reactive ketones (excluding diaryl/α,β-unsaturated/α-hetero) is 1. The molecule has 25 heavy (non-hydrogen) atoms. The van der Waals surface area contributed by atoms with Crippen molar-refractivity contribution in [2.75, 3.05) is 13.7 Å². The third kappa shape index (κ3) is 4.47. The van der Waals surface area contributed by atoms with Crippen LogP contribution in [0.5, 0.6) is 5.75 Å². The summed E-state index contributed by atoms with van der Waals surface area (Å²) in [6.45, 7) is 7.63. The van der Waals surface area contributed by atoms with E-state index in [4.69, 9.17) is 9.47 Å². The lowest BCUT2D eigenvalue weighted by Crippen LogP contribution is -2.18. The van der Waals surface area contributed by atoms with Crippen molar-refractivity contribution in [2.45, 2.75) is 34.1 Å². The molecule has 0 saturated heterocycles. The van der Waals surface area contributed by atoms with Crippen LogP contribution in [0.25, 0.3) is 0 Å². The Morgan fingerprint density at radius 1 is 0.920 bits per heavy atom. The van der Waals surface area contributed by atoms with Gasteiger partial charge in [0.25, 0.3) is 0 Å². The van der Waals surface area contributed by atoms with Gasteiger partial charge >= 0.3 is 5.97 Å². The zero-order chi connectivity index (χ0) is 18.6. The van der Waals surface area contributed by atoms with Gasteiger partial charge in [0, 0.05) is 5.56 Å². The highest BCUT2D eigenvalue weighted by Gasteiger charge is 2.17. The van der Waals surface area contributed by atoms with E-state index in [2.05, 4.69) is 0 Å². The third-order valence-corrected chi connectivity index (χ3v) is 4.51. The summed E-state index contributed by atoms with van der Waals surface area (Å²) in [6, 6.07) is 9.18. The molecule has 0 saturated carbocycles. The van der Waals surface area contributed by atoms with E-state index in [1.165, 1.54) is 0 Å². The molecule has 0 spiro atoms. The van der Waals surface area contributed by atoms with E-state index < -0.39 is 5.97 Å². The van der Waals surface area contributed by atoms with Crippen molar-refractivity contribution in [1.82, 2.24) is 0 Å². The van der Waals surface area contributed by atoms with Crippen LogP contribution < -0.4 is 4.74 Å². The molecule has 0 atom stereocenters. The standard InChI is InChI=1S/C21H24O4/c1-13-10-14(2)21(16(4)15(13)3)19(22)12-25-20(23)11-17-6-8-18(24-5)9-7-17/h6-10H,11-12H2,1-5H3. The number of hydrogen-bond donors (Lipinski definition) is 0. The molecule has 0 aliphatic heterocycles. The molecule has 0 radical (unpaired) electrons. The van der Waals surface area contributed by atoms with Crippen LogP contribution in [0.2, 0.25) is 0 Å². The van der Waals surface area contributed by atoms with Crippen molar-refractivity contribution >= 4 is 11.8 Å². The van der Waals surface area contributed by atoms with Crippen LogP contribution in [0.3, 0.4) is 0 Å². The number of ketones is 1. The van der Waals surface area contributed by atoms with Crippen LogP contribution >= 0.6 is 0 Å². The van der Waals surface area contributed by atoms with Crippen LogP contribution in [0.1, 0.15) is 38.2 Å². The van der Waals surface area contributed by atoms with Gasteiger partial charge in [-0.2, -0.15) is 0 Å². The first-order valence-electron chi connectivity index (χ1n) is 8.22. The Morgan fingerprint density at radius 3 is 2.16 bits per heavy atom. The van der Waals surface area contributed by atoms with Gasteiger partial charge in [0.1, 0.15) is 5.75 Å². The van der Waals surface area contributed by atoms with Crippen LogP contribution in [0.15, 0.2) is 30.3 Å². The maximum Gasteiger partial charge on any atom is 0.310 e. The minimum Gasteiger partial charge on any atom is -0.497 e. The smallest absolute Gasteiger partial charge is 0.310 e. The molecule has 0 aliphatic carbocycles. The second-order valence-corrected chi connectivity index (χ2v) is 6.24. The van der Waals surface area contributed by atoms with Gasteiger partial charge in [0.15, 0.2) is 6.61 Å². The highest BCUT2D eigenvalue weighted by atomic mass is 16.5. The summed E-state index contributed by atoms with van der Waals surface area (Å²) in [7, 11) is 1.59. The van der Waals surface area contributed by atoms with E-state index in [0.717, 1.165) is 33.6 Å². The minimum atomic E-state index is -0.419. The number of benzene rings is 2. The number of ether oxygens (including phenoxy) is 2. The lowest BCUT2D eigenvalue weighted by Gasteiger charge is -2.14. The Labute approximate surface area is 148 Å². The van der Waals surface area contributed by atoms with Gasteiger partial charge in [-0.25, -0.2) is 0 Å². The summed E-state index contributed by atoms with van der Waals surface area (Å²) in [5.41, 5.74) is 5.59. The molecule has 0 N–H and O–H groups in total. The van der Waals surface area contributed by atoms with E-state index in [1.807, 2.05) is 33.8 Å². The number of aryl methyl sites for hydroxylation is 2. The summed E-state index contributed by atoms with van der Waals surface area (Å²) < 4.78 is 10.3. The highest BCUT2D eigenvalue weighted by molar-refractivity contribution is 6.01. The summed E-state index contributed by atoms with van der Waals surface area (Å²) in [6.07, 6.45) is 0.127. The predicted molar refractivity (Wildman–Crippen MR) is 97.4 cm³/mol. The molecular weight excluding hydrogens is 316 g/mol. The zero-order valence-corrected chi connectivity index (χ0v) is 15.4. The third-order valence-electron chi connectivity index (χ3n) is 4.51. The maximum atomic E-state index is 12.5. The number of methoxy groups -OCH3 is 1. The summed E-state index contributed by atoms with van der Waals surface area (Å²) in [4.78, 5) is 24.5. The molecule has 2 rings (SSSR count). The Hall–Kier alpha value is -2.62. The van der Waals surface area contributed by atoms with E-state index >= 15 is 0 Å². The minimum absolute atomic E-state index is 0.127. The average Bonchev–Trinajstić information content (AvgIpc) is 2.58. The summed E-state index contributed by atoms with van der Waals surface area (Å²) in [5.74, 6) is 0.145. The van der Waals surface area contributed by atoms with Crippen LogP contribution in [-0.4, -0.2) is 25.5 Å². The van der Waals surface area contributed by atoms with Gasteiger partial charge in [-0.05, 0) is 67.6 Å². The molecule has 2 aromatic carbocycles. The van der Waals surface area contributed by atoms with E-state index in [-0.39, 0.29) is 18.8 Å². The fourth-order valence-corrected chi connectivity index (χ4v) is 2.89. The first-order valence-corrected chi connectivity index (χ1v) is 8.22. The van der Waals surface area contributed by atoms with Crippen molar-refractivity contribution in [2.24, 2.45) is 0 Å². The molecule has 4 nitrogen and oxygen atoms in total.